The average Bonchev–Trinajstić information content (AvgIpc) is 3.89. The minimum atomic E-state index is -0.509. The number of benzene rings is 9. The van der Waals surface area contributed by atoms with Crippen molar-refractivity contribution in [3.8, 4) is 67.3 Å². The Morgan fingerprint density at radius 1 is 0.323 bits per heavy atom. The van der Waals surface area contributed by atoms with Crippen molar-refractivity contribution in [3.63, 3.8) is 0 Å². The van der Waals surface area contributed by atoms with E-state index >= 15 is 0 Å². The first kappa shape index (κ1) is 35.8. The summed E-state index contributed by atoms with van der Waals surface area (Å²) in [5.41, 5.74) is 18.1. The molecule has 0 unspecified atom stereocenters. The van der Waals surface area contributed by atoms with Crippen molar-refractivity contribution in [1.29, 1.82) is 0 Å². The van der Waals surface area contributed by atoms with Crippen LogP contribution in [-0.4, -0.2) is 9.97 Å². The van der Waals surface area contributed by atoms with Crippen LogP contribution in [0, 0.1) is 0 Å². The fourth-order valence-electron chi connectivity index (χ4n) is 9.78. The zero-order chi connectivity index (χ0) is 41.0. The topological polar surface area (TPSA) is 38.9 Å². The van der Waals surface area contributed by atoms with Crippen molar-refractivity contribution < 1.29 is 4.42 Å². The van der Waals surface area contributed by atoms with Crippen molar-refractivity contribution in [2.24, 2.45) is 0 Å². The number of fused-ring (bicyclic) bond motifs is 6. The van der Waals surface area contributed by atoms with E-state index < -0.39 is 5.41 Å². The van der Waals surface area contributed by atoms with E-state index in [1.807, 2.05) is 36.4 Å². The molecule has 0 N–H and O–H groups in total. The van der Waals surface area contributed by atoms with Crippen LogP contribution >= 0.6 is 0 Å². The Morgan fingerprint density at radius 2 is 0.855 bits per heavy atom. The maximum atomic E-state index is 6.20. The summed E-state index contributed by atoms with van der Waals surface area (Å²) in [5.74, 6) is 0.690. The second-order valence-corrected chi connectivity index (χ2v) is 16.1. The molecular formula is C59H38N2O. The molecule has 11 aromatic rings. The van der Waals surface area contributed by atoms with E-state index in [9.17, 15) is 0 Å². The molecule has 0 amide bonds. The molecule has 1 aliphatic rings. The Kier molecular flexibility index (Phi) is 8.39. The molecule has 0 aliphatic heterocycles. The zero-order valence-electron chi connectivity index (χ0n) is 33.7. The summed E-state index contributed by atoms with van der Waals surface area (Å²) in [4.78, 5) is 10.6. The van der Waals surface area contributed by atoms with Crippen LogP contribution in [-0.2, 0) is 5.41 Å². The zero-order valence-corrected chi connectivity index (χ0v) is 33.7. The quantitative estimate of drug-likeness (QED) is 0.161. The molecule has 3 nitrogen and oxygen atoms in total. The number of nitrogens with zero attached hydrogens (tertiary/aromatic N) is 2. The SMILES string of the molecule is c1ccc(-c2nc(-c3cccc(-c4ccc(-c5cccc6oc7ccccc7c56)cc4)c3)cc(-c3ccc4c(c3)C(c3ccccc3)(c3ccccc3)c3ccccc3-4)n2)cc1. The van der Waals surface area contributed by atoms with Crippen LogP contribution in [0.1, 0.15) is 22.3 Å². The van der Waals surface area contributed by atoms with Gasteiger partial charge in [0.05, 0.1) is 16.8 Å². The lowest BCUT2D eigenvalue weighted by atomic mass is 9.67. The van der Waals surface area contributed by atoms with Gasteiger partial charge in [-0.15, -0.1) is 0 Å². The Labute approximate surface area is 360 Å². The highest BCUT2D eigenvalue weighted by molar-refractivity contribution is 6.12. The molecule has 62 heavy (non-hydrogen) atoms. The number of aromatic nitrogens is 2. The Balaban J connectivity index is 0.980. The third-order valence-electron chi connectivity index (χ3n) is 12.6. The van der Waals surface area contributed by atoms with Gasteiger partial charge in [-0.05, 0) is 86.0 Å². The first-order valence-corrected chi connectivity index (χ1v) is 21.1. The second-order valence-electron chi connectivity index (χ2n) is 16.1. The number of para-hydroxylation sites is 1. The van der Waals surface area contributed by atoms with Gasteiger partial charge in [-0.3, -0.25) is 0 Å². The standard InChI is InChI=1S/C59H38N2O/c1-4-16-41(17-5-1)58-60-53(43-19-14-18-42(36-43)39-30-32-40(33-31-39)47-26-15-29-56-57(47)50-25-11-13-28-55(50)62-56)38-54(61-58)44-34-35-49-48-24-10-12-27-51(48)59(52(49)37-44,45-20-6-2-7-21-45)46-22-8-3-9-23-46/h1-38H. The summed E-state index contributed by atoms with van der Waals surface area (Å²) >= 11 is 0. The van der Waals surface area contributed by atoms with Crippen LogP contribution in [0.5, 0.6) is 0 Å². The molecule has 0 bridgehead atoms. The Morgan fingerprint density at radius 3 is 1.61 bits per heavy atom. The molecule has 0 atom stereocenters. The predicted molar refractivity (Wildman–Crippen MR) is 254 cm³/mol. The fourth-order valence-corrected chi connectivity index (χ4v) is 9.78. The van der Waals surface area contributed by atoms with Gasteiger partial charge in [0.15, 0.2) is 5.82 Å². The second kappa shape index (κ2) is 14.5. The highest BCUT2D eigenvalue weighted by atomic mass is 16.3. The molecule has 2 heterocycles. The van der Waals surface area contributed by atoms with Crippen LogP contribution < -0.4 is 0 Å². The van der Waals surface area contributed by atoms with Crippen LogP contribution in [0.3, 0.4) is 0 Å². The van der Waals surface area contributed by atoms with Crippen molar-refractivity contribution >= 4 is 21.9 Å². The monoisotopic (exact) mass is 790 g/mol. The minimum absolute atomic E-state index is 0.509. The van der Waals surface area contributed by atoms with E-state index in [1.165, 1.54) is 33.4 Å². The average molecular weight is 791 g/mol. The summed E-state index contributed by atoms with van der Waals surface area (Å²) in [6, 6.07) is 82.2. The molecule has 1 aliphatic carbocycles. The fraction of sp³-hybridized carbons (Fsp3) is 0.0169. The van der Waals surface area contributed by atoms with Gasteiger partial charge in [-0.25, -0.2) is 9.97 Å². The molecule has 0 saturated heterocycles. The van der Waals surface area contributed by atoms with E-state index in [-0.39, 0.29) is 0 Å². The van der Waals surface area contributed by atoms with E-state index in [0.717, 1.165) is 72.3 Å². The molecule has 12 rings (SSSR count). The molecule has 0 saturated carbocycles. The van der Waals surface area contributed by atoms with Gasteiger partial charge in [0.2, 0.25) is 0 Å². The van der Waals surface area contributed by atoms with Crippen LogP contribution in [0.2, 0.25) is 0 Å². The maximum Gasteiger partial charge on any atom is 0.160 e. The third kappa shape index (κ3) is 5.74. The van der Waals surface area contributed by atoms with Gasteiger partial charge in [0.1, 0.15) is 11.2 Å². The largest absolute Gasteiger partial charge is 0.456 e. The van der Waals surface area contributed by atoms with Crippen molar-refractivity contribution in [2.45, 2.75) is 5.41 Å². The van der Waals surface area contributed by atoms with Crippen molar-refractivity contribution in [1.82, 2.24) is 9.97 Å². The van der Waals surface area contributed by atoms with Gasteiger partial charge in [-0.2, -0.15) is 0 Å². The molecule has 0 radical (unpaired) electrons. The van der Waals surface area contributed by atoms with E-state index in [4.69, 9.17) is 14.4 Å². The molecule has 9 aromatic carbocycles. The summed E-state index contributed by atoms with van der Waals surface area (Å²) in [5, 5.41) is 2.27. The van der Waals surface area contributed by atoms with Gasteiger partial charge in [0.25, 0.3) is 0 Å². The highest BCUT2D eigenvalue weighted by Crippen LogP contribution is 2.56. The number of furan rings is 1. The van der Waals surface area contributed by atoms with Gasteiger partial charge in [-0.1, -0.05) is 200 Å². The van der Waals surface area contributed by atoms with E-state index in [2.05, 4.69) is 194 Å². The van der Waals surface area contributed by atoms with Crippen LogP contribution in [0.15, 0.2) is 235 Å². The molecule has 0 spiro atoms. The van der Waals surface area contributed by atoms with E-state index in [0.29, 0.717) is 5.82 Å². The number of hydrogen-bond donors (Lipinski definition) is 0. The van der Waals surface area contributed by atoms with Gasteiger partial charge >= 0.3 is 0 Å². The van der Waals surface area contributed by atoms with Crippen molar-refractivity contribution in [3.05, 3.63) is 253 Å². The summed E-state index contributed by atoms with van der Waals surface area (Å²) < 4.78 is 6.20. The van der Waals surface area contributed by atoms with Crippen LogP contribution in [0.4, 0.5) is 0 Å². The Hall–Kier alpha value is -8.14. The first-order valence-electron chi connectivity index (χ1n) is 21.1. The van der Waals surface area contributed by atoms with E-state index in [1.54, 1.807) is 0 Å². The molecule has 2 aromatic heterocycles. The van der Waals surface area contributed by atoms with Gasteiger partial charge in [0, 0.05) is 27.5 Å². The maximum absolute atomic E-state index is 6.20. The minimum Gasteiger partial charge on any atom is -0.456 e. The molecule has 3 heteroatoms. The van der Waals surface area contributed by atoms with Crippen molar-refractivity contribution in [2.75, 3.05) is 0 Å². The highest BCUT2D eigenvalue weighted by Gasteiger charge is 2.46. The lowest BCUT2D eigenvalue weighted by Crippen LogP contribution is -2.28. The number of rotatable bonds is 7. The molecule has 0 fully saturated rings. The molecular weight excluding hydrogens is 753 g/mol. The Bertz CT molecular complexity index is 3400. The lowest BCUT2D eigenvalue weighted by molar-refractivity contribution is 0.669. The molecule has 290 valence electrons. The number of hydrogen-bond acceptors (Lipinski definition) is 3. The lowest BCUT2D eigenvalue weighted by Gasteiger charge is -2.34. The smallest absolute Gasteiger partial charge is 0.160 e. The van der Waals surface area contributed by atoms with Gasteiger partial charge < -0.3 is 4.42 Å². The first-order chi connectivity index (χ1) is 30.7. The third-order valence-corrected chi connectivity index (χ3v) is 12.6. The summed E-state index contributed by atoms with van der Waals surface area (Å²) in [7, 11) is 0. The summed E-state index contributed by atoms with van der Waals surface area (Å²) in [6.07, 6.45) is 0. The normalized spacial score (nSPS) is 12.6. The summed E-state index contributed by atoms with van der Waals surface area (Å²) in [6.45, 7) is 0. The van der Waals surface area contributed by atoms with Crippen LogP contribution in [0.25, 0.3) is 89.2 Å². The predicted octanol–water partition coefficient (Wildman–Crippen LogP) is 15.1.